The molecule has 1 unspecified atom stereocenters. The Morgan fingerprint density at radius 2 is 1.95 bits per heavy atom. The Morgan fingerprint density at radius 3 is 2.63 bits per heavy atom. The van der Waals surface area contributed by atoms with Crippen molar-refractivity contribution in [1.82, 2.24) is 20.0 Å². The van der Waals surface area contributed by atoms with Crippen molar-refractivity contribution in [2.24, 2.45) is 0 Å². The average Bonchev–Trinajstić information content (AvgIpc) is 3.61. The van der Waals surface area contributed by atoms with Gasteiger partial charge in [-0.3, -0.25) is 14.6 Å². The van der Waals surface area contributed by atoms with Crippen LogP contribution in [0.3, 0.4) is 0 Å². The van der Waals surface area contributed by atoms with Crippen LogP contribution in [0.25, 0.3) is 11.0 Å². The zero-order chi connectivity index (χ0) is 30.6. The van der Waals surface area contributed by atoms with E-state index in [-0.39, 0.29) is 30.5 Å². The van der Waals surface area contributed by atoms with Crippen molar-refractivity contribution in [1.29, 1.82) is 5.26 Å². The van der Waals surface area contributed by atoms with Gasteiger partial charge in [-0.25, -0.2) is 4.79 Å². The van der Waals surface area contributed by atoms with Crippen LogP contribution in [0, 0.1) is 11.3 Å². The SMILES string of the molecule is CC(C)(C=C(C#N)C(=O)N1CCC[C@@H]1COC(=O)NC(Cc1coc2ccccc12)B(O)O)N1CCN(C2COC2)CC1. The van der Waals surface area contributed by atoms with Crippen molar-refractivity contribution in [2.45, 2.75) is 56.7 Å². The van der Waals surface area contributed by atoms with E-state index in [9.17, 15) is 24.9 Å². The minimum Gasteiger partial charge on any atom is -0.464 e. The number of ether oxygens (including phenoxy) is 2. The molecular weight excluding hydrogens is 553 g/mol. The monoisotopic (exact) mass is 593 g/mol. The Balaban J connectivity index is 1.15. The van der Waals surface area contributed by atoms with Gasteiger partial charge in [-0.1, -0.05) is 18.2 Å². The largest absolute Gasteiger partial charge is 0.475 e. The lowest BCUT2D eigenvalue weighted by Gasteiger charge is -2.46. The van der Waals surface area contributed by atoms with Crippen LogP contribution in [0.1, 0.15) is 32.3 Å². The van der Waals surface area contributed by atoms with E-state index < -0.39 is 24.7 Å². The van der Waals surface area contributed by atoms with Crippen molar-refractivity contribution in [3.05, 3.63) is 47.7 Å². The number of carbonyl (C=O) groups is 2. The van der Waals surface area contributed by atoms with E-state index in [4.69, 9.17) is 13.9 Å². The molecule has 0 saturated carbocycles. The molecule has 2 amide bonds. The minimum absolute atomic E-state index is 0.0740. The molecule has 3 N–H and O–H groups in total. The minimum atomic E-state index is -1.83. The summed E-state index contributed by atoms with van der Waals surface area (Å²) in [5, 5.41) is 33.1. The number of furan rings is 1. The molecule has 230 valence electrons. The number of para-hydroxylation sites is 1. The molecule has 43 heavy (non-hydrogen) atoms. The van der Waals surface area contributed by atoms with E-state index in [1.165, 1.54) is 6.26 Å². The Bertz CT molecular complexity index is 1360. The van der Waals surface area contributed by atoms with E-state index in [0.717, 1.165) is 56.8 Å². The molecule has 0 aliphatic carbocycles. The standard InChI is InChI=1S/C30H40BN5O7/c1-30(2,35-12-10-34(11-13-35)24-18-41-19-24)15-22(16-32)28(37)36-9-5-6-23(36)20-43-29(38)33-27(31(39)40)14-21-17-42-26-8-4-3-7-25(21)26/h3-4,7-8,15,17,23-24,27,39-40H,5-6,9-14,18-20H2,1-2H3,(H,33,38)/t23-,27?/m1/s1. The number of piperazine rings is 1. The summed E-state index contributed by atoms with van der Waals surface area (Å²) in [4.78, 5) is 32.5. The number of alkyl carbamates (subject to hydrolysis) is 1. The normalized spacial score (nSPS) is 21.3. The maximum atomic E-state index is 13.5. The number of benzene rings is 1. The van der Waals surface area contributed by atoms with Gasteiger partial charge in [0.15, 0.2) is 0 Å². The number of nitriles is 1. The summed E-state index contributed by atoms with van der Waals surface area (Å²) in [5.41, 5.74) is 0.963. The predicted molar refractivity (Wildman–Crippen MR) is 159 cm³/mol. The van der Waals surface area contributed by atoms with Gasteiger partial charge in [0.1, 0.15) is 23.8 Å². The summed E-state index contributed by atoms with van der Waals surface area (Å²) in [6.45, 7) is 9.50. The molecule has 3 aliphatic heterocycles. The van der Waals surface area contributed by atoms with Crippen LogP contribution >= 0.6 is 0 Å². The quantitative estimate of drug-likeness (QED) is 0.209. The summed E-state index contributed by atoms with van der Waals surface area (Å²) in [6, 6.07) is 9.57. The maximum absolute atomic E-state index is 13.5. The molecule has 1 aromatic heterocycles. The highest BCUT2D eigenvalue weighted by Gasteiger charge is 2.36. The fourth-order valence-corrected chi connectivity index (χ4v) is 6.14. The zero-order valence-electron chi connectivity index (χ0n) is 24.8. The lowest BCUT2D eigenvalue weighted by molar-refractivity contribution is -0.128. The maximum Gasteiger partial charge on any atom is 0.475 e. The van der Waals surface area contributed by atoms with E-state index in [1.54, 1.807) is 17.0 Å². The second kappa shape index (κ2) is 13.5. The first-order chi connectivity index (χ1) is 20.7. The van der Waals surface area contributed by atoms with Gasteiger partial charge in [0.25, 0.3) is 5.91 Å². The van der Waals surface area contributed by atoms with Crippen LogP contribution in [0.15, 0.2) is 46.6 Å². The zero-order valence-corrected chi connectivity index (χ0v) is 24.8. The molecule has 5 rings (SSSR count). The van der Waals surface area contributed by atoms with Gasteiger partial charge < -0.3 is 34.2 Å². The van der Waals surface area contributed by atoms with Crippen LogP contribution in [0.5, 0.6) is 0 Å². The average molecular weight is 593 g/mol. The van der Waals surface area contributed by atoms with Crippen molar-refractivity contribution in [3.8, 4) is 6.07 Å². The highest BCUT2D eigenvalue weighted by atomic mass is 16.5. The first-order valence-corrected chi connectivity index (χ1v) is 14.9. The van der Waals surface area contributed by atoms with Gasteiger partial charge in [-0.15, -0.1) is 0 Å². The molecule has 3 fully saturated rings. The Hall–Kier alpha value is -3.41. The summed E-state index contributed by atoms with van der Waals surface area (Å²) in [6.07, 6.45) is 3.93. The van der Waals surface area contributed by atoms with E-state index in [2.05, 4.69) is 21.2 Å². The number of rotatable bonds is 10. The molecule has 3 aliphatic rings. The third-order valence-electron chi connectivity index (χ3n) is 8.82. The number of nitrogens with one attached hydrogen (secondary N) is 1. The van der Waals surface area contributed by atoms with Gasteiger partial charge in [-0.2, -0.15) is 5.26 Å². The lowest BCUT2D eigenvalue weighted by Crippen LogP contribution is -2.59. The molecular formula is C30H40BN5O7. The number of amides is 2. The highest BCUT2D eigenvalue weighted by Crippen LogP contribution is 2.26. The molecule has 13 heteroatoms. The predicted octanol–water partition coefficient (Wildman–Crippen LogP) is 1.32. The third kappa shape index (κ3) is 7.22. The van der Waals surface area contributed by atoms with Crippen LogP contribution in [-0.4, -0.2) is 120 Å². The fourth-order valence-electron chi connectivity index (χ4n) is 6.14. The van der Waals surface area contributed by atoms with Crippen molar-refractivity contribution in [2.75, 3.05) is 52.5 Å². The first-order valence-electron chi connectivity index (χ1n) is 14.9. The number of hydrogen-bond donors (Lipinski definition) is 3. The topological polar surface area (TPSA) is 152 Å². The van der Waals surface area contributed by atoms with Gasteiger partial charge in [0, 0.05) is 43.6 Å². The second-order valence-electron chi connectivity index (χ2n) is 12.1. The number of nitrogens with zero attached hydrogens (tertiary/aromatic N) is 4. The number of likely N-dealkylation sites (tertiary alicyclic amines) is 1. The molecule has 1 aromatic carbocycles. The van der Waals surface area contributed by atoms with E-state index in [0.29, 0.717) is 24.6 Å². The Morgan fingerprint density at radius 1 is 1.21 bits per heavy atom. The van der Waals surface area contributed by atoms with Crippen LogP contribution in [0.4, 0.5) is 4.79 Å². The summed E-state index contributed by atoms with van der Waals surface area (Å²) >= 11 is 0. The summed E-state index contributed by atoms with van der Waals surface area (Å²) in [5.74, 6) is -1.41. The van der Waals surface area contributed by atoms with Crippen LogP contribution in [-0.2, 0) is 20.7 Å². The Labute approximate surface area is 251 Å². The first kappa shape index (κ1) is 31.0. The molecule has 0 bridgehead atoms. The number of fused-ring (bicyclic) bond motifs is 1. The lowest BCUT2D eigenvalue weighted by atomic mass is 9.76. The number of hydrogen-bond acceptors (Lipinski definition) is 10. The van der Waals surface area contributed by atoms with Gasteiger partial charge in [-0.05, 0) is 50.8 Å². The molecule has 2 aromatic rings. The van der Waals surface area contributed by atoms with Gasteiger partial charge in [0.05, 0.1) is 37.5 Å². The molecule has 3 saturated heterocycles. The van der Waals surface area contributed by atoms with Crippen LogP contribution in [0.2, 0.25) is 0 Å². The summed E-state index contributed by atoms with van der Waals surface area (Å²) in [7, 11) is -1.83. The second-order valence-corrected chi connectivity index (χ2v) is 12.1. The molecule has 2 atom stereocenters. The van der Waals surface area contributed by atoms with Crippen molar-refractivity contribution >= 4 is 30.1 Å². The fraction of sp³-hybridized carbons (Fsp3) is 0.567. The van der Waals surface area contributed by atoms with Crippen molar-refractivity contribution < 1.29 is 33.5 Å². The van der Waals surface area contributed by atoms with Crippen LogP contribution < -0.4 is 5.32 Å². The van der Waals surface area contributed by atoms with Crippen molar-refractivity contribution in [3.63, 3.8) is 0 Å². The molecule has 0 spiro atoms. The molecule has 0 radical (unpaired) electrons. The highest BCUT2D eigenvalue weighted by molar-refractivity contribution is 6.43. The van der Waals surface area contributed by atoms with Gasteiger partial charge in [0.2, 0.25) is 0 Å². The van der Waals surface area contributed by atoms with E-state index >= 15 is 0 Å². The Kier molecular flexibility index (Phi) is 9.73. The summed E-state index contributed by atoms with van der Waals surface area (Å²) < 4.78 is 16.3. The van der Waals surface area contributed by atoms with E-state index in [1.807, 2.05) is 32.0 Å². The smallest absolute Gasteiger partial charge is 0.464 e. The molecule has 12 nitrogen and oxygen atoms in total. The third-order valence-corrected chi connectivity index (χ3v) is 8.82. The van der Waals surface area contributed by atoms with Gasteiger partial charge >= 0.3 is 13.2 Å². The molecule has 4 heterocycles. The number of carbonyl (C=O) groups excluding carboxylic acids is 2.